The number of rotatable bonds is 4. The first-order valence-corrected chi connectivity index (χ1v) is 8.98. The fourth-order valence-corrected chi connectivity index (χ4v) is 3.96. The summed E-state index contributed by atoms with van der Waals surface area (Å²) in [6.07, 6.45) is 2.45. The number of aromatic nitrogens is 1. The maximum atomic E-state index is 12.3. The van der Waals surface area contributed by atoms with Gasteiger partial charge >= 0.3 is 0 Å². The second kappa shape index (κ2) is 7.23. The zero-order valence-corrected chi connectivity index (χ0v) is 14.5. The van der Waals surface area contributed by atoms with Crippen molar-refractivity contribution >= 4 is 22.4 Å². The molecule has 2 heterocycles. The van der Waals surface area contributed by atoms with Gasteiger partial charge < -0.3 is 5.32 Å². The number of likely N-dealkylation sites (tertiary alicyclic amines) is 1. The number of hydrogen-bond acceptors (Lipinski definition) is 4. The molecule has 0 aliphatic carbocycles. The Morgan fingerprint density at radius 2 is 2.17 bits per heavy atom. The van der Waals surface area contributed by atoms with Gasteiger partial charge in [0.05, 0.1) is 12.2 Å². The lowest BCUT2D eigenvalue weighted by Crippen LogP contribution is -2.39. The highest BCUT2D eigenvalue weighted by Gasteiger charge is 2.19. The van der Waals surface area contributed by atoms with Crippen LogP contribution in [0.4, 0.5) is 5.13 Å². The molecule has 5 heteroatoms. The minimum Gasteiger partial charge on any atom is -0.301 e. The van der Waals surface area contributed by atoms with Crippen LogP contribution in [0.1, 0.15) is 24.6 Å². The maximum absolute atomic E-state index is 12.3. The van der Waals surface area contributed by atoms with E-state index in [2.05, 4.69) is 22.1 Å². The fourth-order valence-electron chi connectivity index (χ4n) is 3.11. The summed E-state index contributed by atoms with van der Waals surface area (Å²) in [7, 11) is 0. The summed E-state index contributed by atoms with van der Waals surface area (Å²) in [5, 5.41) is 3.65. The normalized spacial score (nSPS) is 18.8. The molecule has 0 saturated carbocycles. The van der Waals surface area contributed by atoms with E-state index in [1.54, 1.807) is 0 Å². The van der Waals surface area contributed by atoms with Crippen molar-refractivity contribution < 1.29 is 4.79 Å². The number of benzene rings is 1. The topological polar surface area (TPSA) is 45.2 Å². The molecule has 1 saturated heterocycles. The van der Waals surface area contributed by atoms with Crippen LogP contribution in [0.3, 0.4) is 0 Å². The monoisotopic (exact) mass is 329 g/mol. The molecule has 23 heavy (non-hydrogen) atoms. The molecular weight excluding hydrogens is 306 g/mol. The van der Waals surface area contributed by atoms with E-state index in [1.165, 1.54) is 24.2 Å². The second-order valence-electron chi connectivity index (χ2n) is 6.32. The Labute approximate surface area is 141 Å². The number of amides is 1. The molecule has 122 valence electrons. The molecule has 0 unspecified atom stereocenters. The number of nitrogens with one attached hydrogen (secondary N) is 1. The van der Waals surface area contributed by atoms with Crippen LogP contribution in [0.2, 0.25) is 0 Å². The number of piperidine rings is 1. The van der Waals surface area contributed by atoms with Crippen molar-refractivity contribution in [3.8, 4) is 11.3 Å². The van der Waals surface area contributed by atoms with Crippen LogP contribution in [-0.2, 0) is 4.79 Å². The lowest BCUT2D eigenvalue weighted by Gasteiger charge is -2.29. The molecule has 1 amide bonds. The summed E-state index contributed by atoms with van der Waals surface area (Å²) in [4.78, 5) is 20.2. The summed E-state index contributed by atoms with van der Waals surface area (Å²) in [6.45, 7) is 6.79. The van der Waals surface area contributed by atoms with E-state index in [9.17, 15) is 4.79 Å². The largest absolute Gasteiger partial charge is 0.301 e. The van der Waals surface area contributed by atoms with Crippen LogP contribution in [0.15, 0.2) is 30.3 Å². The Morgan fingerprint density at radius 1 is 1.39 bits per heavy atom. The zero-order valence-electron chi connectivity index (χ0n) is 13.7. The molecule has 1 aromatic carbocycles. The van der Waals surface area contributed by atoms with Gasteiger partial charge in [0.1, 0.15) is 0 Å². The summed E-state index contributed by atoms with van der Waals surface area (Å²) in [6, 6.07) is 10.1. The van der Waals surface area contributed by atoms with E-state index in [0.717, 1.165) is 29.2 Å². The molecule has 1 atom stereocenters. The molecule has 1 fully saturated rings. The van der Waals surface area contributed by atoms with Crippen LogP contribution >= 0.6 is 11.3 Å². The summed E-state index contributed by atoms with van der Waals surface area (Å²) >= 11 is 1.54. The van der Waals surface area contributed by atoms with Crippen LogP contribution in [0.5, 0.6) is 0 Å². The van der Waals surface area contributed by atoms with Crippen LogP contribution < -0.4 is 5.32 Å². The minimum atomic E-state index is 0.0347. The average Bonchev–Trinajstić information content (AvgIpc) is 2.88. The van der Waals surface area contributed by atoms with Gasteiger partial charge in [-0.2, -0.15) is 0 Å². The van der Waals surface area contributed by atoms with Gasteiger partial charge in [-0.05, 0) is 32.2 Å². The van der Waals surface area contributed by atoms with E-state index in [-0.39, 0.29) is 5.91 Å². The number of carbonyl (C=O) groups excluding carboxylic acids is 1. The Kier molecular flexibility index (Phi) is 5.08. The number of nitrogens with zero attached hydrogens (tertiary/aromatic N) is 2. The van der Waals surface area contributed by atoms with Gasteiger partial charge in [0.25, 0.3) is 0 Å². The Hall–Kier alpha value is -1.72. The van der Waals surface area contributed by atoms with E-state index in [4.69, 9.17) is 0 Å². The first-order chi connectivity index (χ1) is 11.1. The minimum absolute atomic E-state index is 0.0347. The third-order valence-corrected chi connectivity index (χ3v) is 5.08. The van der Waals surface area contributed by atoms with Gasteiger partial charge in [-0.15, -0.1) is 11.3 Å². The molecule has 0 bridgehead atoms. The van der Waals surface area contributed by atoms with Gasteiger partial charge in [-0.25, -0.2) is 4.98 Å². The molecule has 4 nitrogen and oxygen atoms in total. The molecule has 2 aromatic rings. The fraction of sp³-hybridized carbons (Fsp3) is 0.444. The number of carbonyl (C=O) groups is 1. The number of anilines is 1. The number of aryl methyl sites for hydroxylation is 1. The third-order valence-electron chi connectivity index (χ3n) is 4.20. The Balaban J connectivity index is 1.63. The Bertz CT molecular complexity index is 668. The van der Waals surface area contributed by atoms with Crippen molar-refractivity contribution in [2.75, 3.05) is 25.0 Å². The number of thiazole rings is 1. The van der Waals surface area contributed by atoms with E-state index < -0.39 is 0 Å². The van der Waals surface area contributed by atoms with E-state index in [0.29, 0.717) is 17.6 Å². The second-order valence-corrected chi connectivity index (χ2v) is 7.52. The highest BCUT2D eigenvalue weighted by Crippen LogP contribution is 2.30. The predicted molar refractivity (Wildman–Crippen MR) is 95.8 cm³/mol. The van der Waals surface area contributed by atoms with Crippen LogP contribution in [0.25, 0.3) is 11.3 Å². The summed E-state index contributed by atoms with van der Waals surface area (Å²) in [5.74, 6) is 0.718. The maximum Gasteiger partial charge on any atom is 0.240 e. The van der Waals surface area contributed by atoms with Crippen molar-refractivity contribution in [1.82, 2.24) is 9.88 Å². The van der Waals surface area contributed by atoms with Crippen LogP contribution in [-0.4, -0.2) is 35.4 Å². The van der Waals surface area contributed by atoms with E-state index in [1.807, 2.05) is 37.3 Å². The summed E-state index contributed by atoms with van der Waals surface area (Å²) in [5.41, 5.74) is 2.05. The lowest BCUT2D eigenvalue weighted by atomic mass is 10.0. The van der Waals surface area contributed by atoms with E-state index >= 15 is 0 Å². The molecule has 1 aromatic heterocycles. The Morgan fingerprint density at radius 3 is 2.91 bits per heavy atom. The molecule has 3 rings (SSSR count). The van der Waals surface area contributed by atoms with Gasteiger partial charge in [0.2, 0.25) is 5.91 Å². The molecule has 0 spiro atoms. The first kappa shape index (κ1) is 16.1. The quantitative estimate of drug-likeness (QED) is 0.928. The van der Waals surface area contributed by atoms with Crippen molar-refractivity contribution in [2.45, 2.75) is 26.7 Å². The number of hydrogen-bond donors (Lipinski definition) is 1. The van der Waals surface area contributed by atoms with Crippen molar-refractivity contribution in [2.24, 2.45) is 5.92 Å². The third kappa shape index (κ3) is 4.18. The molecule has 1 N–H and O–H groups in total. The predicted octanol–water partition coefficient (Wildman–Crippen LogP) is 3.79. The van der Waals surface area contributed by atoms with Crippen molar-refractivity contribution in [3.63, 3.8) is 0 Å². The standard InChI is InChI=1S/C18H23N3OS/c1-13-7-6-10-21(11-13)12-16(22)19-18-20-17(14(2)23-18)15-8-4-3-5-9-15/h3-5,8-9,13H,6-7,10-12H2,1-2H3,(H,19,20,22)/t13-/m0/s1. The van der Waals surface area contributed by atoms with Crippen molar-refractivity contribution in [1.29, 1.82) is 0 Å². The molecular formula is C18H23N3OS. The smallest absolute Gasteiger partial charge is 0.240 e. The molecule has 1 aliphatic rings. The highest BCUT2D eigenvalue weighted by atomic mass is 32.1. The average molecular weight is 329 g/mol. The van der Waals surface area contributed by atoms with Gasteiger partial charge in [0.15, 0.2) is 5.13 Å². The van der Waals surface area contributed by atoms with Gasteiger partial charge in [0, 0.05) is 17.0 Å². The van der Waals surface area contributed by atoms with Gasteiger partial charge in [-0.3, -0.25) is 9.69 Å². The van der Waals surface area contributed by atoms with Crippen molar-refractivity contribution in [3.05, 3.63) is 35.2 Å². The highest BCUT2D eigenvalue weighted by molar-refractivity contribution is 7.16. The molecule has 0 radical (unpaired) electrons. The lowest BCUT2D eigenvalue weighted by molar-refractivity contribution is -0.117. The first-order valence-electron chi connectivity index (χ1n) is 8.17. The van der Waals surface area contributed by atoms with Crippen LogP contribution in [0, 0.1) is 12.8 Å². The molecule has 1 aliphatic heterocycles. The SMILES string of the molecule is Cc1sc(NC(=O)CN2CCC[C@H](C)C2)nc1-c1ccccc1. The van der Waals surface area contributed by atoms with Gasteiger partial charge in [-0.1, -0.05) is 37.3 Å². The summed E-state index contributed by atoms with van der Waals surface area (Å²) < 4.78 is 0. The zero-order chi connectivity index (χ0) is 16.2.